The largest absolute Gasteiger partial charge is 0.508 e. The van der Waals surface area contributed by atoms with Gasteiger partial charge in [0.1, 0.15) is 5.75 Å². The highest BCUT2D eigenvalue weighted by Crippen LogP contribution is 2.36. The molecule has 3 N–H and O–H groups in total. The number of aromatic hydroxyl groups is 1. The zero-order chi connectivity index (χ0) is 15.7. The molecule has 2 aliphatic rings. The van der Waals surface area contributed by atoms with Crippen molar-refractivity contribution < 1.29 is 15.0 Å². The van der Waals surface area contributed by atoms with Crippen LogP contribution in [0.5, 0.6) is 5.75 Å². The van der Waals surface area contributed by atoms with E-state index in [9.17, 15) is 15.0 Å². The predicted octanol–water partition coefficient (Wildman–Crippen LogP) is 2.18. The number of fused-ring (bicyclic) bond motifs is 1. The molecule has 22 heavy (non-hydrogen) atoms. The second-order valence-electron chi connectivity index (χ2n) is 6.45. The Kier molecular flexibility index (Phi) is 4.25. The lowest BCUT2D eigenvalue weighted by Gasteiger charge is -2.34. The first-order chi connectivity index (χ1) is 10.6. The van der Waals surface area contributed by atoms with Crippen molar-refractivity contribution in [2.75, 3.05) is 13.1 Å². The van der Waals surface area contributed by atoms with Crippen LogP contribution < -0.4 is 5.32 Å². The van der Waals surface area contributed by atoms with Crippen LogP contribution in [0.25, 0.3) is 0 Å². The van der Waals surface area contributed by atoms with Crippen LogP contribution in [0.2, 0.25) is 0 Å². The van der Waals surface area contributed by atoms with Gasteiger partial charge in [-0.05, 0) is 55.7 Å². The molecule has 0 radical (unpaired) electrons. The van der Waals surface area contributed by atoms with Gasteiger partial charge in [0.25, 0.3) is 0 Å². The van der Waals surface area contributed by atoms with E-state index in [2.05, 4.69) is 5.32 Å². The van der Waals surface area contributed by atoms with Crippen LogP contribution in [-0.4, -0.2) is 40.3 Å². The summed E-state index contributed by atoms with van der Waals surface area (Å²) in [5.74, 6) is 0.625. The Balaban J connectivity index is 1.59. The number of phenolic OH excluding ortho intramolecular Hbond substituents is 1. The number of aliphatic hydroxyl groups excluding tert-OH is 1. The molecule has 120 valence electrons. The summed E-state index contributed by atoms with van der Waals surface area (Å²) in [5, 5.41) is 22.6. The quantitative estimate of drug-likeness (QED) is 0.784. The van der Waals surface area contributed by atoms with Crippen LogP contribution in [0.3, 0.4) is 0 Å². The molecule has 1 aromatic carbocycles. The van der Waals surface area contributed by atoms with Crippen LogP contribution >= 0.6 is 0 Å². The molecule has 1 heterocycles. The van der Waals surface area contributed by atoms with Crippen LogP contribution in [0.15, 0.2) is 18.2 Å². The summed E-state index contributed by atoms with van der Waals surface area (Å²) >= 11 is 0. The Morgan fingerprint density at radius 3 is 2.73 bits per heavy atom. The van der Waals surface area contributed by atoms with Crippen LogP contribution in [-0.2, 0) is 6.42 Å². The van der Waals surface area contributed by atoms with E-state index >= 15 is 0 Å². The minimum absolute atomic E-state index is 0.0101. The smallest absolute Gasteiger partial charge is 0.317 e. The van der Waals surface area contributed by atoms with Gasteiger partial charge in [0.15, 0.2) is 0 Å². The van der Waals surface area contributed by atoms with Gasteiger partial charge in [0, 0.05) is 13.1 Å². The minimum Gasteiger partial charge on any atom is -0.508 e. The number of piperidine rings is 1. The fraction of sp³-hybridized carbons (Fsp3) is 0.588. The van der Waals surface area contributed by atoms with Gasteiger partial charge < -0.3 is 20.4 Å². The molecule has 0 spiro atoms. The van der Waals surface area contributed by atoms with Gasteiger partial charge in [0.2, 0.25) is 0 Å². The standard InChI is InChI=1S/C17H24N2O3/c1-11(20)12-7-9-19(10-8-12)17(22)18-15-6-5-14-13(15)3-2-4-16(14)21/h2-4,11-12,15,20-21H,5-10H2,1H3,(H,18,22). The summed E-state index contributed by atoms with van der Waals surface area (Å²) in [4.78, 5) is 14.2. The maximum absolute atomic E-state index is 12.4. The Hall–Kier alpha value is -1.75. The molecule has 1 fully saturated rings. The molecule has 0 saturated carbocycles. The van der Waals surface area contributed by atoms with Gasteiger partial charge in [-0.3, -0.25) is 0 Å². The average molecular weight is 304 g/mol. The number of carbonyl (C=O) groups excluding carboxylic acids is 1. The van der Waals surface area contributed by atoms with Gasteiger partial charge >= 0.3 is 6.03 Å². The van der Waals surface area contributed by atoms with Crippen molar-refractivity contribution in [3.05, 3.63) is 29.3 Å². The van der Waals surface area contributed by atoms with E-state index in [1.54, 1.807) is 6.07 Å². The zero-order valence-electron chi connectivity index (χ0n) is 13.0. The third kappa shape index (κ3) is 2.90. The van der Waals surface area contributed by atoms with Gasteiger partial charge in [-0.2, -0.15) is 0 Å². The van der Waals surface area contributed by atoms with E-state index in [-0.39, 0.29) is 18.2 Å². The van der Waals surface area contributed by atoms with E-state index in [0.717, 1.165) is 36.8 Å². The van der Waals surface area contributed by atoms with E-state index < -0.39 is 0 Å². The number of hydrogen-bond acceptors (Lipinski definition) is 3. The Labute approximate surface area is 130 Å². The number of aliphatic hydroxyl groups is 1. The number of amides is 2. The van der Waals surface area contributed by atoms with Crippen LogP contribution in [0.1, 0.15) is 43.4 Å². The van der Waals surface area contributed by atoms with Crippen LogP contribution in [0, 0.1) is 5.92 Å². The average Bonchev–Trinajstić information content (AvgIpc) is 2.92. The summed E-state index contributed by atoms with van der Waals surface area (Å²) in [6, 6.07) is 5.46. The Morgan fingerprint density at radius 2 is 2.05 bits per heavy atom. The van der Waals surface area contributed by atoms with Gasteiger partial charge in [-0.15, -0.1) is 0 Å². The van der Waals surface area contributed by atoms with Gasteiger partial charge in [0.05, 0.1) is 12.1 Å². The highest BCUT2D eigenvalue weighted by molar-refractivity contribution is 5.75. The lowest BCUT2D eigenvalue weighted by atomic mass is 9.92. The number of nitrogens with one attached hydrogen (secondary N) is 1. The highest BCUT2D eigenvalue weighted by atomic mass is 16.3. The maximum atomic E-state index is 12.4. The van der Waals surface area contributed by atoms with Crippen molar-refractivity contribution in [1.82, 2.24) is 10.2 Å². The number of benzene rings is 1. The highest BCUT2D eigenvalue weighted by Gasteiger charge is 2.29. The molecule has 5 nitrogen and oxygen atoms in total. The molecular formula is C17H24N2O3. The first-order valence-electron chi connectivity index (χ1n) is 8.10. The lowest BCUT2D eigenvalue weighted by Crippen LogP contribution is -2.46. The topological polar surface area (TPSA) is 72.8 Å². The molecule has 2 unspecified atom stereocenters. The molecule has 2 amide bonds. The molecule has 5 heteroatoms. The molecule has 2 atom stereocenters. The van der Waals surface area contributed by atoms with Crippen molar-refractivity contribution in [2.45, 2.75) is 44.8 Å². The Bertz CT molecular complexity index is 551. The molecular weight excluding hydrogens is 280 g/mol. The number of phenols is 1. The van der Waals surface area contributed by atoms with Gasteiger partial charge in [-0.25, -0.2) is 4.79 Å². The SMILES string of the molecule is CC(O)C1CCN(C(=O)NC2CCc3c(O)cccc32)CC1. The lowest BCUT2D eigenvalue weighted by molar-refractivity contribution is 0.0793. The van der Waals surface area contributed by atoms with E-state index in [0.29, 0.717) is 24.8 Å². The second-order valence-corrected chi connectivity index (χ2v) is 6.45. The van der Waals surface area contributed by atoms with Crippen LogP contribution in [0.4, 0.5) is 4.79 Å². The zero-order valence-corrected chi connectivity index (χ0v) is 13.0. The van der Waals surface area contributed by atoms with Crippen molar-refractivity contribution >= 4 is 6.03 Å². The van der Waals surface area contributed by atoms with Gasteiger partial charge in [-0.1, -0.05) is 12.1 Å². The summed E-state index contributed by atoms with van der Waals surface area (Å²) in [6.45, 7) is 3.21. The Morgan fingerprint density at radius 1 is 1.32 bits per heavy atom. The summed E-state index contributed by atoms with van der Waals surface area (Å²) in [6.07, 6.45) is 3.05. The van der Waals surface area contributed by atoms with Crippen molar-refractivity contribution in [3.63, 3.8) is 0 Å². The normalized spacial score (nSPS) is 23.2. The van der Waals surface area contributed by atoms with E-state index in [1.165, 1.54) is 0 Å². The molecule has 1 aliphatic carbocycles. The summed E-state index contributed by atoms with van der Waals surface area (Å²) in [5.41, 5.74) is 1.99. The first-order valence-corrected chi connectivity index (χ1v) is 8.10. The number of carbonyl (C=O) groups is 1. The molecule has 1 aliphatic heterocycles. The number of rotatable bonds is 2. The third-order valence-corrected chi connectivity index (χ3v) is 5.05. The second kappa shape index (κ2) is 6.16. The molecule has 1 aromatic rings. The fourth-order valence-corrected chi connectivity index (χ4v) is 3.61. The maximum Gasteiger partial charge on any atom is 0.317 e. The molecule has 3 rings (SSSR count). The predicted molar refractivity (Wildman–Crippen MR) is 83.7 cm³/mol. The summed E-state index contributed by atoms with van der Waals surface area (Å²) in [7, 11) is 0. The molecule has 0 bridgehead atoms. The molecule has 0 aromatic heterocycles. The number of hydrogen-bond donors (Lipinski definition) is 3. The third-order valence-electron chi connectivity index (χ3n) is 5.05. The number of likely N-dealkylation sites (tertiary alicyclic amines) is 1. The summed E-state index contributed by atoms with van der Waals surface area (Å²) < 4.78 is 0. The van der Waals surface area contributed by atoms with Crippen molar-refractivity contribution in [1.29, 1.82) is 0 Å². The van der Waals surface area contributed by atoms with Crippen molar-refractivity contribution in [2.24, 2.45) is 5.92 Å². The first kappa shape index (κ1) is 15.2. The fourth-order valence-electron chi connectivity index (χ4n) is 3.61. The van der Waals surface area contributed by atoms with E-state index in [4.69, 9.17) is 0 Å². The number of urea groups is 1. The van der Waals surface area contributed by atoms with Crippen molar-refractivity contribution in [3.8, 4) is 5.75 Å². The molecule has 1 saturated heterocycles. The monoisotopic (exact) mass is 304 g/mol. The van der Waals surface area contributed by atoms with E-state index in [1.807, 2.05) is 24.0 Å². The minimum atomic E-state index is -0.296. The number of nitrogens with zero attached hydrogens (tertiary/aromatic N) is 1.